The minimum absolute atomic E-state index is 0.00653. The maximum atomic E-state index is 13.4. The van der Waals surface area contributed by atoms with Gasteiger partial charge in [-0.3, -0.25) is 4.90 Å². The molecule has 4 aliphatic heterocycles. The van der Waals surface area contributed by atoms with Crippen molar-refractivity contribution in [2.75, 3.05) is 64.0 Å². The van der Waals surface area contributed by atoms with Gasteiger partial charge in [0, 0.05) is 69.3 Å². The summed E-state index contributed by atoms with van der Waals surface area (Å²) in [6.07, 6.45) is 1.03. The second-order valence-electron chi connectivity index (χ2n) is 14.7. The second kappa shape index (κ2) is 14.0. The Morgan fingerprint density at radius 3 is 2.31 bits per heavy atom. The number of halogens is 4. The van der Waals surface area contributed by atoms with Crippen LogP contribution in [0.4, 0.5) is 23.8 Å². The number of nitrogens with zero attached hydrogens (tertiary/aromatic N) is 5. The first-order chi connectivity index (χ1) is 22.7. The Morgan fingerprint density at radius 1 is 1.04 bits per heavy atom. The van der Waals surface area contributed by atoms with Crippen molar-refractivity contribution in [2.45, 2.75) is 96.6 Å². The summed E-state index contributed by atoms with van der Waals surface area (Å²) in [7, 11) is 0. The van der Waals surface area contributed by atoms with Crippen LogP contribution in [0.25, 0.3) is 10.9 Å². The fraction of sp³-hybridized carbons (Fsp3) is 0.735. The van der Waals surface area contributed by atoms with Gasteiger partial charge in [0.25, 0.3) is 0 Å². The van der Waals surface area contributed by atoms with Crippen molar-refractivity contribution in [1.29, 1.82) is 0 Å². The van der Waals surface area contributed by atoms with Crippen molar-refractivity contribution in [3.63, 3.8) is 0 Å². The van der Waals surface area contributed by atoms with Crippen molar-refractivity contribution in [3.8, 4) is 11.8 Å². The Hall–Kier alpha value is -2.58. The Kier molecular flexibility index (Phi) is 10.3. The summed E-state index contributed by atoms with van der Waals surface area (Å²) in [5, 5.41) is 0.633. The average molecular weight is 743 g/mol. The van der Waals surface area contributed by atoms with Crippen LogP contribution in [0.1, 0.15) is 71.8 Å². The van der Waals surface area contributed by atoms with Crippen LogP contribution in [0.3, 0.4) is 0 Å². The van der Waals surface area contributed by atoms with Gasteiger partial charge < -0.3 is 28.7 Å². The molecule has 1 amide bonds. The molecule has 0 bridgehead atoms. The fourth-order valence-electron chi connectivity index (χ4n) is 7.35. The molecule has 6 rings (SSSR count). The molecule has 5 heterocycles. The SMILES string of the molecule is CCc1cc2c(N3CCC4(CC3)CN(C(=O)OC(C)(C)C)C4)nc(OC3CCN(C4CCOCC4)CC3)nc2c(OCC(F)(F)F)c1Br. The van der Waals surface area contributed by atoms with Crippen LogP contribution in [0.15, 0.2) is 10.5 Å². The molecule has 1 aromatic carbocycles. The molecule has 0 atom stereocenters. The lowest BCUT2D eigenvalue weighted by atomic mass is 9.72. The van der Waals surface area contributed by atoms with Crippen LogP contribution < -0.4 is 14.4 Å². The molecule has 0 saturated carbocycles. The second-order valence-corrected chi connectivity index (χ2v) is 15.5. The van der Waals surface area contributed by atoms with E-state index in [2.05, 4.69) is 25.7 Å². The first-order valence-corrected chi connectivity index (χ1v) is 18.0. The number of fused-ring (bicyclic) bond motifs is 1. The normalized spacial score (nSPS) is 21.4. The van der Waals surface area contributed by atoms with E-state index in [4.69, 9.17) is 28.9 Å². The van der Waals surface area contributed by atoms with Gasteiger partial charge in [-0.15, -0.1) is 0 Å². The van der Waals surface area contributed by atoms with Crippen LogP contribution >= 0.6 is 15.9 Å². The van der Waals surface area contributed by atoms with Crippen LogP contribution in [0.2, 0.25) is 0 Å². The summed E-state index contributed by atoms with van der Waals surface area (Å²) < 4.78 is 63.6. The van der Waals surface area contributed by atoms with Gasteiger partial charge in [0.2, 0.25) is 0 Å². The zero-order valence-electron chi connectivity index (χ0n) is 28.3. The van der Waals surface area contributed by atoms with E-state index in [9.17, 15) is 18.0 Å². The number of ether oxygens (including phenoxy) is 4. The molecular formula is C34H47BrF3N5O5. The number of hydrogen-bond donors (Lipinski definition) is 0. The van der Waals surface area contributed by atoms with E-state index >= 15 is 0 Å². The van der Waals surface area contributed by atoms with E-state index in [1.807, 2.05) is 33.8 Å². The van der Waals surface area contributed by atoms with E-state index < -0.39 is 18.4 Å². The summed E-state index contributed by atoms with van der Waals surface area (Å²) >= 11 is 3.52. The highest BCUT2D eigenvalue weighted by Crippen LogP contribution is 2.45. The van der Waals surface area contributed by atoms with E-state index in [0.717, 1.165) is 70.4 Å². The molecule has 0 aliphatic carbocycles. The smallest absolute Gasteiger partial charge is 0.422 e. The minimum Gasteiger partial charge on any atom is -0.481 e. The number of aryl methyl sites for hydroxylation is 1. The van der Waals surface area contributed by atoms with Crippen LogP contribution in [-0.4, -0.2) is 109 Å². The average Bonchev–Trinajstić information content (AvgIpc) is 3.02. The van der Waals surface area contributed by atoms with Gasteiger partial charge >= 0.3 is 18.3 Å². The van der Waals surface area contributed by atoms with Gasteiger partial charge in [0.05, 0.1) is 4.47 Å². The summed E-state index contributed by atoms with van der Waals surface area (Å²) in [4.78, 5) is 28.7. The molecule has 4 fully saturated rings. The monoisotopic (exact) mass is 741 g/mol. The summed E-state index contributed by atoms with van der Waals surface area (Å²) in [6.45, 7) is 12.1. The fourth-order valence-corrected chi connectivity index (χ4v) is 8.05. The van der Waals surface area contributed by atoms with Gasteiger partial charge in [-0.1, -0.05) is 6.92 Å². The molecule has 4 saturated heterocycles. The highest BCUT2D eigenvalue weighted by Gasteiger charge is 2.48. The number of alkyl halides is 3. The molecule has 48 heavy (non-hydrogen) atoms. The lowest BCUT2D eigenvalue weighted by Crippen LogP contribution is -2.62. The molecule has 10 nitrogen and oxygen atoms in total. The van der Waals surface area contributed by atoms with E-state index in [1.54, 1.807) is 4.90 Å². The van der Waals surface area contributed by atoms with Crippen LogP contribution in [0, 0.1) is 5.41 Å². The van der Waals surface area contributed by atoms with Crippen molar-refractivity contribution >= 4 is 38.7 Å². The molecule has 1 aromatic heterocycles. The zero-order valence-corrected chi connectivity index (χ0v) is 29.9. The number of hydrogen-bond acceptors (Lipinski definition) is 9. The van der Waals surface area contributed by atoms with Gasteiger partial charge in [-0.25, -0.2) is 4.79 Å². The molecule has 266 valence electrons. The molecule has 4 aliphatic rings. The Balaban J connectivity index is 1.24. The predicted octanol–water partition coefficient (Wildman–Crippen LogP) is 6.76. The molecule has 0 N–H and O–H groups in total. The third-order valence-electron chi connectivity index (χ3n) is 9.96. The maximum Gasteiger partial charge on any atom is 0.422 e. The quantitative estimate of drug-likeness (QED) is 0.306. The highest BCUT2D eigenvalue weighted by molar-refractivity contribution is 9.10. The third-order valence-corrected chi connectivity index (χ3v) is 10.8. The van der Waals surface area contributed by atoms with Gasteiger partial charge in [0.15, 0.2) is 12.4 Å². The van der Waals surface area contributed by atoms with Crippen molar-refractivity contribution in [2.24, 2.45) is 5.41 Å². The van der Waals surface area contributed by atoms with Gasteiger partial charge in [-0.05, 0) is 93.3 Å². The number of piperidine rings is 2. The minimum atomic E-state index is -4.52. The first-order valence-electron chi connectivity index (χ1n) is 17.2. The molecule has 14 heteroatoms. The number of carbonyl (C=O) groups is 1. The summed E-state index contributed by atoms with van der Waals surface area (Å²) in [5.41, 5.74) is 0.558. The molecule has 2 aromatic rings. The van der Waals surface area contributed by atoms with Crippen molar-refractivity contribution in [3.05, 3.63) is 16.1 Å². The number of anilines is 1. The molecular weight excluding hydrogens is 695 g/mol. The lowest BCUT2D eigenvalue weighted by Gasteiger charge is -2.53. The first kappa shape index (κ1) is 35.3. The van der Waals surface area contributed by atoms with E-state index in [1.165, 1.54) is 0 Å². The highest BCUT2D eigenvalue weighted by atomic mass is 79.9. The van der Waals surface area contributed by atoms with Crippen LogP contribution in [-0.2, 0) is 15.9 Å². The van der Waals surface area contributed by atoms with Crippen molar-refractivity contribution < 1.29 is 36.9 Å². The Bertz CT molecular complexity index is 1460. The largest absolute Gasteiger partial charge is 0.481 e. The van der Waals surface area contributed by atoms with Gasteiger partial charge in [-0.2, -0.15) is 23.1 Å². The van der Waals surface area contributed by atoms with Crippen molar-refractivity contribution in [1.82, 2.24) is 19.8 Å². The number of benzene rings is 1. The maximum absolute atomic E-state index is 13.4. The molecule has 0 unspecified atom stereocenters. The molecule has 1 spiro atoms. The lowest BCUT2D eigenvalue weighted by molar-refractivity contribution is -0.153. The van der Waals surface area contributed by atoms with Crippen LogP contribution in [0.5, 0.6) is 11.8 Å². The molecule has 0 radical (unpaired) electrons. The number of likely N-dealkylation sites (tertiary alicyclic amines) is 2. The Labute approximate surface area is 288 Å². The summed E-state index contributed by atoms with van der Waals surface area (Å²) in [6, 6.07) is 2.62. The van der Waals surface area contributed by atoms with E-state index in [0.29, 0.717) is 59.8 Å². The standard InChI is InChI=1S/C34H47BrF3N5O5/c1-5-22-18-25-27(28(26(22)35)46-21-34(36,37)38)39-30(47-24-6-12-41(13-7-24)23-8-16-45-17-9-23)40-29(25)42-14-10-33(11-15-42)19-43(20-33)31(44)48-32(2,3)4/h18,23-24H,5-17,19-21H2,1-4H3. The predicted molar refractivity (Wildman–Crippen MR) is 179 cm³/mol. The van der Waals surface area contributed by atoms with E-state index in [-0.39, 0.29) is 29.4 Å². The Morgan fingerprint density at radius 2 is 1.71 bits per heavy atom. The third kappa shape index (κ3) is 8.07. The number of amides is 1. The summed E-state index contributed by atoms with van der Waals surface area (Å²) in [5.74, 6) is 0.678. The topological polar surface area (TPSA) is 89.5 Å². The number of carbonyl (C=O) groups excluding carboxylic acids is 1. The van der Waals surface area contributed by atoms with Gasteiger partial charge in [0.1, 0.15) is 23.0 Å². The number of aromatic nitrogens is 2. The zero-order chi connectivity index (χ0) is 34.3. The number of rotatable bonds is 7.